The standard InChI is InChI=1S/C6H8ClN3/c7-6-3-5(1-2-8)9-4-10-6/h3-4H,1-2,8H2. The van der Waals surface area contributed by atoms with E-state index in [-0.39, 0.29) is 0 Å². The van der Waals surface area contributed by atoms with Crippen LogP contribution in [0.25, 0.3) is 0 Å². The first-order valence-corrected chi connectivity index (χ1v) is 3.37. The Morgan fingerprint density at radius 1 is 1.50 bits per heavy atom. The highest BCUT2D eigenvalue weighted by Gasteiger charge is 1.93. The second-order valence-corrected chi connectivity index (χ2v) is 2.26. The van der Waals surface area contributed by atoms with E-state index in [1.54, 1.807) is 6.07 Å². The molecule has 0 fully saturated rings. The van der Waals surface area contributed by atoms with E-state index in [9.17, 15) is 0 Å². The molecule has 1 rings (SSSR count). The van der Waals surface area contributed by atoms with Crippen molar-refractivity contribution in [2.45, 2.75) is 6.42 Å². The second kappa shape index (κ2) is 3.49. The Bertz CT molecular complexity index is 214. The van der Waals surface area contributed by atoms with Crippen molar-refractivity contribution in [3.8, 4) is 0 Å². The lowest BCUT2D eigenvalue weighted by Gasteiger charge is -1.95. The summed E-state index contributed by atoms with van der Waals surface area (Å²) in [6.45, 7) is 0.591. The van der Waals surface area contributed by atoms with E-state index in [4.69, 9.17) is 17.3 Å². The summed E-state index contributed by atoms with van der Waals surface area (Å²) in [5.41, 5.74) is 6.20. The van der Waals surface area contributed by atoms with E-state index >= 15 is 0 Å². The molecule has 0 unspecified atom stereocenters. The normalized spacial score (nSPS) is 9.80. The first-order chi connectivity index (χ1) is 4.83. The van der Waals surface area contributed by atoms with E-state index in [1.165, 1.54) is 6.33 Å². The average Bonchev–Trinajstić information content (AvgIpc) is 1.88. The van der Waals surface area contributed by atoms with Crippen LogP contribution in [0.1, 0.15) is 5.69 Å². The lowest BCUT2D eigenvalue weighted by Crippen LogP contribution is -2.04. The Morgan fingerprint density at radius 3 is 2.90 bits per heavy atom. The van der Waals surface area contributed by atoms with Gasteiger partial charge in [0.15, 0.2) is 0 Å². The van der Waals surface area contributed by atoms with Crippen molar-refractivity contribution in [3.05, 3.63) is 23.2 Å². The zero-order valence-corrected chi connectivity index (χ0v) is 6.17. The quantitative estimate of drug-likeness (QED) is 0.641. The van der Waals surface area contributed by atoms with Crippen LogP contribution in [0.3, 0.4) is 0 Å². The molecule has 0 saturated heterocycles. The van der Waals surface area contributed by atoms with Gasteiger partial charge in [0, 0.05) is 12.1 Å². The SMILES string of the molecule is NCCc1cc(Cl)ncn1. The van der Waals surface area contributed by atoms with Gasteiger partial charge in [-0.1, -0.05) is 11.6 Å². The molecule has 1 heterocycles. The van der Waals surface area contributed by atoms with Gasteiger partial charge >= 0.3 is 0 Å². The van der Waals surface area contributed by atoms with Crippen LogP contribution in [0.2, 0.25) is 5.15 Å². The fourth-order valence-electron chi connectivity index (χ4n) is 0.655. The molecule has 1 aromatic heterocycles. The third-order valence-electron chi connectivity index (χ3n) is 1.09. The van der Waals surface area contributed by atoms with Gasteiger partial charge in [-0.25, -0.2) is 9.97 Å². The van der Waals surface area contributed by atoms with Gasteiger partial charge in [0.05, 0.1) is 0 Å². The number of hydrogen-bond donors (Lipinski definition) is 1. The highest BCUT2D eigenvalue weighted by atomic mass is 35.5. The van der Waals surface area contributed by atoms with E-state index < -0.39 is 0 Å². The van der Waals surface area contributed by atoms with Crippen molar-refractivity contribution < 1.29 is 0 Å². The zero-order chi connectivity index (χ0) is 7.40. The summed E-state index contributed by atoms with van der Waals surface area (Å²) in [5.74, 6) is 0. The second-order valence-electron chi connectivity index (χ2n) is 1.87. The van der Waals surface area contributed by atoms with Crippen molar-refractivity contribution >= 4 is 11.6 Å². The van der Waals surface area contributed by atoms with Gasteiger partial charge in [-0.2, -0.15) is 0 Å². The van der Waals surface area contributed by atoms with Gasteiger partial charge in [0.1, 0.15) is 11.5 Å². The molecule has 0 aromatic carbocycles. The number of halogens is 1. The molecule has 4 heteroatoms. The molecule has 0 saturated carbocycles. The van der Waals surface area contributed by atoms with Crippen molar-refractivity contribution in [2.75, 3.05) is 6.54 Å². The monoisotopic (exact) mass is 157 g/mol. The minimum Gasteiger partial charge on any atom is -0.330 e. The minimum absolute atomic E-state index is 0.471. The number of hydrogen-bond acceptors (Lipinski definition) is 3. The lowest BCUT2D eigenvalue weighted by molar-refractivity contribution is 0.909. The van der Waals surface area contributed by atoms with Crippen LogP contribution in [0.5, 0.6) is 0 Å². The Morgan fingerprint density at radius 2 is 2.30 bits per heavy atom. The summed E-state index contributed by atoms with van der Waals surface area (Å²) in [6, 6.07) is 1.72. The van der Waals surface area contributed by atoms with Crippen molar-refractivity contribution in [2.24, 2.45) is 5.73 Å². The smallest absolute Gasteiger partial charge is 0.132 e. The van der Waals surface area contributed by atoms with Crippen molar-refractivity contribution in [1.82, 2.24) is 9.97 Å². The van der Waals surface area contributed by atoms with Crippen LogP contribution in [0.4, 0.5) is 0 Å². The number of nitrogens with two attached hydrogens (primary N) is 1. The van der Waals surface area contributed by atoms with Gasteiger partial charge in [-0.3, -0.25) is 0 Å². The number of rotatable bonds is 2. The van der Waals surface area contributed by atoms with E-state index in [2.05, 4.69) is 9.97 Å². The molecule has 0 aliphatic carbocycles. The lowest BCUT2D eigenvalue weighted by atomic mass is 10.3. The summed E-state index contributed by atoms with van der Waals surface area (Å²) in [4.78, 5) is 7.69. The first-order valence-electron chi connectivity index (χ1n) is 2.99. The fourth-order valence-corrected chi connectivity index (χ4v) is 0.824. The third-order valence-corrected chi connectivity index (χ3v) is 1.30. The average molecular weight is 158 g/mol. The van der Waals surface area contributed by atoms with Gasteiger partial charge in [0.2, 0.25) is 0 Å². The topological polar surface area (TPSA) is 51.8 Å². The molecule has 2 N–H and O–H groups in total. The minimum atomic E-state index is 0.471. The third kappa shape index (κ3) is 1.93. The van der Waals surface area contributed by atoms with Crippen molar-refractivity contribution in [3.63, 3.8) is 0 Å². The van der Waals surface area contributed by atoms with E-state index in [0.717, 1.165) is 12.1 Å². The summed E-state index contributed by atoms with van der Waals surface area (Å²) < 4.78 is 0. The maximum absolute atomic E-state index is 5.59. The zero-order valence-electron chi connectivity index (χ0n) is 5.42. The fraction of sp³-hybridized carbons (Fsp3) is 0.333. The largest absolute Gasteiger partial charge is 0.330 e. The molecule has 0 spiro atoms. The van der Waals surface area contributed by atoms with Gasteiger partial charge in [-0.15, -0.1) is 0 Å². The Kier molecular flexibility index (Phi) is 2.59. The van der Waals surface area contributed by atoms with Gasteiger partial charge < -0.3 is 5.73 Å². The molecule has 3 nitrogen and oxygen atoms in total. The summed E-state index contributed by atoms with van der Waals surface area (Å²) in [6.07, 6.45) is 2.19. The molecule has 0 atom stereocenters. The molecule has 0 aliphatic heterocycles. The predicted molar refractivity (Wildman–Crippen MR) is 39.8 cm³/mol. The molecule has 0 radical (unpaired) electrons. The summed E-state index contributed by atoms with van der Waals surface area (Å²) in [5, 5.41) is 0.471. The Balaban J connectivity index is 2.75. The highest BCUT2D eigenvalue weighted by Crippen LogP contribution is 2.03. The van der Waals surface area contributed by atoms with Gasteiger partial charge in [0.25, 0.3) is 0 Å². The van der Waals surface area contributed by atoms with Crippen LogP contribution >= 0.6 is 11.6 Å². The molecular weight excluding hydrogens is 150 g/mol. The molecular formula is C6H8ClN3. The molecule has 54 valence electrons. The molecule has 0 bridgehead atoms. The first kappa shape index (κ1) is 7.44. The van der Waals surface area contributed by atoms with E-state index in [1.807, 2.05) is 0 Å². The molecule has 0 amide bonds. The maximum Gasteiger partial charge on any atom is 0.132 e. The summed E-state index contributed by atoms with van der Waals surface area (Å²) in [7, 11) is 0. The van der Waals surface area contributed by atoms with Crippen molar-refractivity contribution in [1.29, 1.82) is 0 Å². The van der Waals surface area contributed by atoms with Crippen LogP contribution in [-0.4, -0.2) is 16.5 Å². The Hall–Kier alpha value is -0.670. The maximum atomic E-state index is 5.59. The van der Waals surface area contributed by atoms with Crippen LogP contribution in [0.15, 0.2) is 12.4 Å². The van der Waals surface area contributed by atoms with E-state index in [0.29, 0.717) is 11.7 Å². The molecule has 0 aliphatic rings. The van der Waals surface area contributed by atoms with Gasteiger partial charge in [-0.05, 0) is 12.6 Å². The summed E-state index contributed by atoms with van der Waals surface area (Å²) >= 11 is 5.59. The highest BCUT2D eigenvalue weighted by molar-refractivity contribution is 6.29. The van der Waals surface area contributed by atoms with Crippen LogP contribution in [0, 0.1) is 0 Å². The predicted octanol–water partition coefficient (Wildman–Crippen LogP) is 0.631. The van der Waals surface area contributed by atoms with Crippen LogP contribution in [-0.2, 0) is 6.42 Å². The molecule has 1 aromatic rings. The van der Waals surface area contributed by atoms with Crippen LogP contribution < -0.4 is 5.73 Å². The number of aromatic nitrogens is 2. The number of nitrogens with zero attached hydrogens (tertiary/aromatic N) is 2. The Labute approximate surface area is 64.2 Å². The molecule has 10 heavy (non-hydrogen) atoms.